The topological polar surface area (TPSA) is 68.3 Å². The van der Waals surface area contributed by atoms with Crippen molar-refractivity contribution in [3.8, 4) is 5.75 Å². The van der Waals surface area contributed by atoms with Crippen molar-refractivity contribution in [3.63, 3.8) is 0 Å². The Balaban J connectivity index is 1.71. The van der Waals surface area contributed by atoms with Gasteiger partial charge in [-0.25, -0.2) is 9.18 Å². The fraction of sp³-hybridized carbons (Fsp3) is 0.462. The second-order valence-corrected chi connectivity index (χ2v) is 9.22. The van der Waals surface area contributed by atoms with Crippen molar-refractivity contribution in [2.45, 2.75) is 52.7 Å². The number of carbonyl (C=O) groups excluding carboxylic acids is 2. The number of halogens is 1. The molecule has 0 aliphatic carbocycles. The van der Waals surface area contributed by atoms with Crippen LogP contribution in [0.15, 0.2) is 36.4 Å². The summed E-state index contributed by atoms with van der Waals surface area (Å²) in [5.74, 6) is -0.0657. The molecule has 0 aromatic heterocycles. The van der Waals surface area contributed by atoms with E-state index in [1.165, 1.54) is 6.07 Å². The average molecular weight is 473 g/mol. The minimum atomic E-state index is -0.597. The lowest BCUT2D eigenvalue weighted by atomic mass is 10.1. The molecule has 184 valence electrons. The van der Waals surface area contributed by atoms with E-state index in [1.807, 2.05) is 57.0 Å². The van der Waals surface area contributed by atoms with Crippen LogP contribution in [-0.4, -0.2) is 44.5 Å². The van der Waals surface area contributed by atoms with E-state index >= 15 is 0 Å². The van der Waals surface area contributed by atoms with Gasteiger partial charge in [0.05, 0.1) is 18.8 Å². The first-order chi connectivity index (χ1) is 16.1. The summed E-state index contributed by atoms with van der Waals surface area (Å²) >= 11 is 0. The molecular weight excluding hydrogens is 439 g/mol. The summed E-state index contributed by atoms with van der Waals surface area (Å²) in [5.41, 5.74) is 2.18. The molecule has 8 heteroatoms. The number of hydrogen-bond acceptors (Lipinski definition) is 6. The molecule has 1 amide bonds. The van der Waals surface area contributed by atoms with Crippen molar-refractivity contribution in [3.05, 3.63) is 53.3 Å². The first-order valence-electron chi connectivity index (χ1n) is 11.5. The number of hydrogen-bond donors (Lipinski definition) is 0. The highest BCUT2D eigenvalue weighted by molar-refractivity contribution is 5.90. The Kier molecular flexibility index (Phi) is 8.02. The number of ether oxygens (including phenoxy) is 3. The summed E-state index contributed by atoms with van der Waals surface area (Å²) in [5, 5.41) is 0. The molecule has 3 rings (SSSR count). The van der Waals surface area contributed by atoms with Crippen molar-refractivity contribution in [1.29, 1.82) is 0 Å². The van der Waals surface area contributed by atoms with Crippen LogP contribution in [0.5, 0.6) is 5.75 Å². The summed E-state index contributed by atoms with van der Waals surface area (Å²) in [4.78, 5) is 27.8. The van der Waals surface area contributed by atoms with Gasteiger partial charge in [-0.05, 0) is 69.5 Å². The minimum absolute atomic E-state index is 0.144. The predicted octanol–water partition coefficient (Wildman–Crippen LogP) is 5.09. The van der Waals surface area contributed by atoms with E-state index in [4.69, 9.17) is 14.2 Å². The van der Waals surface area contributed by atoms with Crippen LogP contribution in [-0.2, 0) is 27.2 Å². The van der Waals surface area contributed by atoms with Gasteiger partial charge in [0.25, 0.3) is 0 Å². The third-order valence-electron chi connectivity index (χ3n) is 5.30. The fourth-order valence-corrected chi connectivity index (χ4v) is 3.68. The Morgan fingerprint density at radius 3 is 2.62 bits per heavy atom. The second-order valence-electron chi connectivity index (χ2n) is 9.22. The number of fused-ring (bicyclic) bond motifs is 1. The first-order valence-corrected chi connectivity index (χ1v) is 11.5. The molecule has 34 heavy (non-hydrogen) atoms. The van der Waals surface area contributed by atoms with Crippen LogP contribution in [0.4, 0.5) is 20.6 Å². The molecule has 0 fully saturated rings. The molecule has 0 saturated carbocycles. The number of anilines is 2. The van der Waals surface area contributed by atoms with Gasteiger partial charge >= 0.3 is 12.1 Å². The minimum Gasteiger partial charge on any atom is -0.490 e. The molecule has 0 bridgehead atoms. The van der Waals surface area contributed by atoms with Crippen LogP contribution < -0.4 is 14.5 Å². The molecule has 0 spiro atoms. The number of nitrogens with zero attached hydrogens (tertiary/aromatic N) is 2. The van der Waals surface area contributed by atoms with E-state index in [9.17, 15) is 14.0 Å². The van der Waals surface area contributed by atoms with E-state index in [-0.39, 0.29) is 18.2 Å². The molecule has 2 aromatic carbocycles. The van der Waals surface area contributed by atoms with Gasteiger partial charge in [-0.2, -0.15) is 0 Å². The van der Waals surface area contributed by atoms with Crippen molar-refractivity contribution >= 4 is 23.4 Å². The number of benzene rings is 2. The molecule has 0 atom stereocenters. The van der Waals surface area contributed by atoms with Gasteiger partial charge in [0.2, 0.25) is 0 Å². The molecule has 0 N–H and O–H groups in total. The van der Waals surface area contributed by atoms with Crippen molar-refractivity contribution in [2.24, 2.45) is 0 Å². The average Bonchev–Trinajstić information content (AvgIpc) is 2.76. The Bertz CT molecular complexity index is 1030. The molecule has 1 heterocycles. The molecule has 1 aliphatic heterocycles. The zero-order valence-corrected chi connectivity index (χ0v) is 20.5. The highest BCUT2D eigenvalue weighted by atomic mass is 19.1. The Labute approximate surface area is 200 Å². The number of carbonyl (C=O) groups is 2. The van der Waals surface area contributed by atoms with Gasteiger partial charge in [0.15, 0.2) is 0 Å². The van der Waals surface area contributed by atoms with E-state index in [2.05, 4.69) is 0 Å². The molecular formula is C26H33FN2O5. The monoisotopic (exact) mass is 472 g/mol. The Morgan fingerprint density at radius 1 is 1.18 bits per heavy atom. The first kappa shape index (κ1) is 25.3. The van der Waals surface area contributed by atoms with Gasteiger partial charge in [0.1, 0.15) is 23.8 Å². The highest BCUT2D eigenvalue weighted by Crippen LogP contribution is 2.34. The predicted molar refractivity (Wildman–Crippen MR) is 129 cm³/mol. The van der Waals surface area contributed by atoms with Crippen molar-refractivity contribution in [2.75, 3.05) is 36.6 Å². The Hall–Kier alpha value is -3.29. The molecule has 0 saturated heterocycles. The van der Waals surface area contributed by atoms with Crippen LogP contribution in [0.25, 0.3) is 0 Å². The summed E-state index contributed by atoms with van der Waals surface area (Å²) in [7, 11) is 1.87. The number of esters is 1. The fourth-order valence-electron chi connectivity index (χ4n) is 3.68. The maximum absolute atomic E-state index is 14.6. The summed E-state index contributed by atoms with van der Waals surface area (Å²) in [6, 6.07) is 10.7. The smallest absolute Gasteiger partial charge is 0.415 e. The van der Waals surface area contributed by atoms with Gasteiger partial charge < -0.3 is 19.1 Å². The second kappa shape index (κ2) is 10.8. The largest absolute Gasteiger partial charge is 0.490 e. The summed E-state index contributed by atoms with van der Waals surface area (Å²) in [6.07, 6.45) is 0.0219. The van der Waals surface area contributed by atoms with Gasteiger partial charge in [-0.15, -0.1) is 0 Å². The third-order valence-corrected chi connectivity index (χ3v) is 5.30. The third kappa shape index (κ3) is 6.62. The zero-order chi connectivity index (χ0) is 24.9. The number of aryl methyl sites for hydroxylation is 1. The van der Waals surface area contributed by atoms with Crippen molar-refractivity contribution < 1.29 is 28.2 Å². The lowest BCUT2D eigenvalue weighted by Gasteiger charge is -2.32. The molecule has 0 radical (unpaired) electrons. The maximum atomic E-state index is 14.6. The quantitative estimate of drug-likeness (QED) is 0.523. The molecule has 7 nitrogen and oxygen atoms in total. The number of rotatable bonds is 7. The van der Waals surface area contributed by atoms with Gasteiger partial charge in [-0.1, -0.05) is 12.1 Å². The molecule has 0 unspecified atom stereocenters. The van der Waals surface area contributed by atoms with E-state index in [1.54, 1.807) is 17.9 Å². The molecule has 2 aromatic rings. The van der Waals surface area contributed by atoms with E-state index in [0.29, 0.717) is 55.4 Å². The molecule has 1 aliphatic rings. The highest BCUT2D eigenvalue weighted by Gasteiger charge is 2.28. The lowest BCUT2D eigenvalue weighted by Crippen LogP contribution is -2.41. The Morgan fingerprint density at radius 2 is 1.94 bits per heavy atom. The number of amides is 1. The van der Waals surface area contributed by atoms with Crippen LogP contribution in [0, 0.1) is 5.82 Å². The zero-order valence-electron chi connectivity index (χ0n) is 20.5. The summed E-state index contributed by atoms with van der Waals surface area (Å²) < 4.78 is 30.8. The normalized spacial score (nSPS) is 13.1. The lowest BCUT2D eigenvalue weighted by molar-refractivity contribution is -0.143. The maximum Gasteiger partial charge on any atom is 0.415 e. The van der Waals surface area contributed by atoms with E-state index < -0.39 is 11.7 Å². The van der Waals surface area contributed by atoms with Crippen LogP contribution in [0.3, 0.4) is 0 Å². The van der Waals surface area contributed by atoms with Crippen molar-refractivity contribution in [1.82, 2.24) is 0 Å². The van der Waals surface area contributed by atoms with Crippen LogP contribution >= 0.6 is 0 Å². The van der Waals surface area contributed by atoms with E-state index in [0.717, 1.165) is 5.56 Å². The van der Waals surface area contributed by atoms with Gasteiger partial charge in [0, 0.05) is 25.7 Å². The SMILES string of the molecule is CCOC(=O)CCc1ccc(N(C)Cc2ccc3c(c2)N(C(=O)OC(C)(C)C)CCO3)cc1F. The standard InChI is InChI=1S/C26H33FN2O5/c1-6-32-24(30)12-9-19-8-10-20(16-21(19)27)28(5)17-18-7-11-23-22(15-18)29(13-14-33-23)25(31)34-26(2,3)4/h7-8,10-11,15-16H,6,9,12-14,17H2,1-5H3. The van der Waals surface area contributed by atoms with Gasteiger partial charge in [-0.3, -0.25) is 9.69 Å². The summed E-state index contributed by atoms with van der Waals surface area (Å²) in [6.45, 7) is 8.85. The van der Waals surface area contributed by atoms with Crippen LogP contribution in [0.1, 0.15) is 45.2 Å². The van der Waals surface area contributed by atoms with Crippen LogP contribution in [0.2, 0.25) is 0 Å².